The number of aryl methyl sites for hydroxylation is 1. The van der Waals surface area contributed by atoms with Gasteiger partial charge in [0.15, 0.2) is 11.6 Å². The van der Waals surface area contributed by atoms with Crippen LogP contribution >= 0.6 is 0 Å². The van der Waals surface area contributed by atoms with Gasteiger partial charge in [-0.2, -0.15) is 0 Å². The smallest absolute Gasteiger partial charge is 0.163 e. The largest absolute Gasteiger partial charge is 0.324 e. The van der Waals surface area contributed by atoms with Crippen LogP contribution in [0.4, 0.5) is 0 Å². The van der Waals surface area contributed by atoms with E-state index in [0.717, 1.165) is 65.7 Å². The number of hydrogen-bond acceptors (Lipinski definition) is 4. The lowest BCUT2D eigenvalue weighted by molar-refractivity contribution is 0.0991. The van der Waals surface area contributed by atoms with Crippen molar-refractivity contribution in [2.75, 3.05) is 19.6 Å². The molecule has 0 N–H and O–H groups in total. The van der Waals surface area contributed by atoms with Crippen molar-refractivity contribution >= 4 is 33.5 Å². The third-order valence-electron chi connectivity index (χ3n) is 5.82. The summed E-state index contributed by atoms with van der Waals surface area (Å²) in [6, 6.07) is 5.96. The maximum Gasteiger partial charge on any atom is 0.163 e. The number of carbonyl (C=O) groups excluding carboxylic acids is 2. The number of fused-ring (bicyclic) bond motifs is 5. The van der Waals surface area contributed by atoms with Crippen LogP contribution in [0.15, 0.2) is 24.4 Å². The van der Waals surface area contributed by atoms with E-state index in [0.29, 0.717) is 12.0 Å². The van der Waals surface area contributed by atoms with Crippen molar-refractivity contribution in [2.24, 2.45) is 0 Å². The van der Waals surface area contributed by atoms with Crippen LogP contribution in [0, 0.1) is 0 Å². The quantitative estimate of drug-likeness (QED) is 0.624. The number of aromatic nitrogens is 2. The monoisotopic (exact) mass is 363 g/mol. The molecule has 1 aromatic carbocycles. The van der Waals surface area contributed by atoms with Gasteiger partial charge in [0.05, 0.1) is 5.52 Å². The molecule has 0 aliphatic heterocycles. The Labute approximate surface area is 159 Å². The summed E-state index contributed by atoms with van der Waals surface area (Å²) in [6.07, 6.45) is 3.01. The van der Waals surface area contributed by atoms with Crippen molar-refractivity contribution in [3.63, 3.8) is 0 Å². The van der Waals surface area contributed by atoms with E-state index in [-0.39, 0.29) is 11.6 Å². The molecule has 0 fully saturated rings. The molecule has 2 aromatic heterocycles. The highest BCUT2D eigenvalue weighted by Gasteiger charge is 2.25. The molecule has 0 unspecified atom stereocenters. The summed E-state index contributed by atoms with van der Waals surface area (Å²) >= 11 is 0. The molecule has 0 spiro atoms. The first-order valence-corrected chi connectivity index (χ1v) is 9.75. The Morgan fingerprint density at radius 1 is 1.22 bits per heavy atom. The summed E-state index contributed by atoms with van der Waals surface area (Å²) < 4.78 is 2.25. The van der Waals surface area contributed by atoms with Crippen LogP contribution in [0.2, 0.25) is 0 Å². The summed E-state index contributed by atoms with van der Waals surface area (Å²) in [4.78, 5) is 31.2. The van der Waals surface area contributed by atoms with Crippen molar-refractivity contribution < 1.29 is 9.59 Å². The van der Waals surface area contributed by atoms with Gasteiger partial charge in [-0.25, -0.2) is 4.98 Å². The molecule has 0 amide bonds. The van der Waals surface area contributed by atoms with Gasteiger partial charge in [0.2, 0.25) is 0 Å². The van der Waals surface area contributed by atoms with Gasteiger partial charge in [-0.05, 0) is 50.2 Å². The number of Topliss-reactive ketones (excluding diaryl/α,β-unsaturated/α-hetero) is 2. The Kier molecular flexibility index (Phi) is 4.56. The second kappa shape index (κ2) is 6.89. The van der Waals surface area contributed by atoms with Crippen LogP contribution in [0.5, 0.6) is 0 Å². The highest BCUT2D eigenvalue weighted by molar-refractivity contribution is 6.15. The highest BCUT2D eigenvalue weighted by atomic mass is 16.1. The predicted octanol–water partition coefficient (Wildman–Crippen LogP) is 3.86. The molecule has 0 bridgehead atoms. The second-order valence-corrected chi connectivity index (χ2v) is 7.24. The Hall–Kier alpha value is -2.53. The fourth-order valence-corrected chi connectivity index (χ4v) is 4.23. The Balaban J connectivity index is 1.96. The van der Waals surface area contributed by atoms with Crippen molar-refractivity contribution in [3.8, 4) is 0 Å². The van der Waals surface area contributed by atoms with E-state index < -0.39 is 0 Å². The van der Waals surface area contributed by atoms with E-state index in [2.05, 4.69) is 34.4 Å². The summed E-state index contributed by atoms with van der Waals surface area (Å²) in [5, 5.41) is 2.09. The zero-order valence-electron chi connectivity index (χ0n) is 16.2. The Morgan fingerprint density at radius 2 is 2.00 bits per heavy atom. The number of benzene rings is 1. The van der Waals surface area contributed by atoms with E-state index >= 15 is 0 Å². The van der Waals surface area contributed by atoms with Crippen molar-refractivity contribution in [1.82, 2.24) is 14.5 Å². The van der Waals surface area contributed by atoms with Gasteiger partial charge in [-0.15, -0.1) is 0 Å². The predicted molar refractivity (Wildman–Crippen MR) is 108 cm³/mol. The van der Waals surface area contributed by atoms with E-state index in [4.69, 9.17) is 0 Å². The van der Waals surface area contributed by atoms with Crippen LogP contribution in [0.25, 0.3) is 21.9 Å². The molecule has 0 radical (unpaired) electrons. The molecule has 0 saturated heterocycles. The molecule has 27 heavy (non-hydrogen) atoms. The molecule has 5 nitrogen and oxygen atoms in total. The van der Waals surface area contributed by atoms with Gasteiger partial charge in [-0.1, -0.05) is 13.8 Å². The SMILES string of the molecule is CCN(CC)CCn1c2ccc3c(c2c2cc(C(C)=O)cnc21)CCC3=O. The first-order chi connectivity index (χ1) is 13.0. The average molecular weight is 363 g/mol. The molecule has 1 aliphatic carbocycles. The van der Waals surface area contributed by atoms with Gasteiger partial charge in [0.1, 0.15) is 5.65 Å². The van der Waals surface area contributed by atoms with Crippen LogP contribution in [0.3, 0.4) is 0 Å². The van der Waals surface area contributed by atoms with Crippen LogP contribution in [-0.4, -0.2) is 45.7 Å². The van der Waals surface area contributed by atoms with E-state index in [9.17, 15) is 9.59 Å². The molecular weight excluding hydrogens is 338 g/mol. The molecule has 2 heterocycles. The molecule has 0 atom stereocenters. The molecular formula is C22H25N3O2. The third kappa shape index (κ3) is 2.86. The van der Waals surface area contributed by atoms with Crippen LogP contribution in [-0.2, 0) is 13.0 Å². The van der Waals surface area contributed by atoms with Crippen molar-refractivity contribution in [3.05, 3.63) is 41.1 Å². The first-order valence-electron chi connectivity index (χ1n) is 9.75. The molecule has 1 aliphatic rings. The van der Waals surface area contributed by atoms with E-state index in [1.165, 1.54) is 0 Å². The van der Waals surface area contributed by atoms with Gasteiger partial charge in [0, 0.05) is 47.6 Å². The lowest BCUT2D eigenvalue weighted by atomic mass is 10.0. The molecule has 140 valence electrons. The van der Waals surface area contributed by atoms with Crippen LogP contribution in [0.1, 0.15) is 53.5 Å². The standard InChI is InChI=1S/C22H25N3O2/c1-4-24(5-2)10-11-25-19-8-6-16-17(7-9-20(16)27)21(19)18-12-15(14(3)26)13-23-22(18)25/h6,8,12-13H,4-5,7,9-11H2,1-3H3. The normalized spacial score (nSPS) is 13.9. The number of rotatable bonds is 6. The summed E-state index contributed by atoms with van der Waals surface area (Å²) in [7, 11) is 0. The Bertz CT molecular complexity index is 1060. The number of carbonyl (C=O) groups is 2. The number of ketones is 2. The van der Waals surface area contributed by atoms with Crippen molar-refractivity contribution in [2.45, 2.75) is 40.2 Å². The maximum atomic E-state index is 12.2. The molecule has 3 aromatic rings. The molecule has 0 saturated carbocycles. The zero-order chi connectivity index (χ0) is 19.1. The van der Waals surface area contributed by atoms with Gasteiger partial charge in [0.25, 0.3) is 0 Å². The minimum atomic E-state index is 0.0112. The van der Waals surface area contributed by atoms with Gasteiger partial charge in [-0.3, -0.25) is 9.59 Å². The van der Waals surface area contributed by atoms with Crippen LogP contribution < -0.4 is 0 Å². The minimum Gasteiger partial charge on any atom is -0.324 e. The second-order valence-electron chi connectivity index (χ2n) is 7.24. The highest BCUT2D eigenvalue weighted by Crippen LogP contribution is 2.36. The first kappa shape index (κ1) is 17.9. The lowest BCUT2D eigenvalue weighted by Gasteiger charge is -2.19. The third-order valence-corrected chi connectivity index (χ3v) is 5.82. The molecule has 5 heteroatoms. The fourth-order valence-electron chi connectivity index (χ4n) is 4.23. The van der Waals surface area contributed by atoms with Crippen molar-refractivity contribution in [1.29, 1.82) is 0 Å². The minimum absolute atomic E-state index is 0.0112. The van der Waals surface area contributed by atoms with E-state index in [1.54, 1.807) is 13.1 Å². The number of pyridine rings is 1. The maximum absolute atomic E-state index is 12.2. The Morgan fingerprint density at radius 3 is 2.70 bits per heavy atom. The lowest BCUT2D eigenvalue weighted by Crippen LogP contribution is -2.27. The number of hydrogen-bond donors (Lipinski definition) is 0. The van der Waals surface area contributed by atoms with Gasteiger partial charge >= 0.3 is 0 Å². The zero-order valence-corrected chi connectivity index (χ0v) is 16.2. The fraction of sp³-hybridized carbons (Fsp3) is 0.409. The molecule has 4 rings (SSSR count). The summed E-state index contributed by atoms with van der Waals surface area (Å²) in [5.41, 5.74) is 4.58. The van der Waals surface area contributed by atoms with Gasteiger partial charge < -0.3 is 9.47 Å². The average Bonchev–Trinajstić information content (AvgIpc) is 3.20. The topological polar surface area (TPSA) is 55.2 Å². The van der Waals surface area contributed by atoms with E-state index in [1.807, 2.05) is 12.1 Å². The number of likely N-dealkylation sites (N-methyl/N-ethyl adjacent to an activating group) is 1. The summed E-state index contributed by atoms with van der Waals surface area (Å²) in [6.45, 7) is 9.71. The number of nitrogens with zero attached hydrogens (tertiary/aromatic N) is 3. The summed E-state index contributed by atoms with van der Waals surface area (Å²) in [5.74, 6) is 0.226.